The fourth-order valence-electron chi connectivity index (χ4n) is 2.29. The summed E-state index contributed by atoms with van der Waals surface area (Å²) in [5, 5.41) is 6.45. The third-order valence-corrected chi connectivity index (χ3v) is 4.62. The molecule has 0 bridgehead atoms. The molecule has 1 atom stereocenters. The summed E-state index contributed by atoms with van der Waals surface area (Å²) in [6.45, 7) is 4.07. The number of hydrogen-bond donors (Lipinski definition) is 2. The zero-order valence-electron chi connectivity index (χ0n) is 16.6. The lowest BCUT2D eigenvalue weighted by Gasteiger charge is -2.13. The maximum Gasteiger partial charge on any atom is 0.329 e. The van der Waals surface area contributed by atoms with Crippen LogP contribution in [0.3, 0.4) is 0 Å². The van der Waals surface area contributed by atoms with E-state index in [1.54, 1.807) is 25.3 Å². The van der Waals surface area contributed by atoms with Crippen molar-refractivity contribution in [1.82, 2.24) is 10.7 Å². The number of nitrogens with zero attached hydrogens (tertiary/aromatic N) is 1. The summed E-state index contributed by atoms with van der Waals surface area (Å²) in [6.07, 6.45) is 2.14. The number of carbonyl (C=O) groups is 2. The van der Waals surface area contributed by atoms with Crippen molar-refractivity contribution in [2.45, 2.75) is 32.9 Å². The van der Waals surface area contributed by atoms with Gasteiger partial charge in [-0.1, -0.05) is 41.1 Å². The number of halogens is 1. The Balaban J connectivity index is 2.07. The Hall–Kier alpha value is -2.87. The van der Waals surface area contributed by atoms with Crippen LogP contribution in [0, 0.1) is 0 Å². The van der Waals surface area contributed by atoms with Gasteiger partial charge in [0.15, 0.2) is 11.5 Å². The number of para-hydroxylation sites is 1. The standard InChI is InChI=1S/C21H24BrN3O4/c1-4-14(2)24-20(26)21(27)25-23-12-16-6-5-7-18(28-3)19(16)29-13-15-8-10-17(22)11-9-15/h5-12,14H,4,13H2,1-3H3,(H,24,26)(H,25,27)/b23-12-/t14-/m0/s1. The van der Waals surface area contributed by atoms with Gasteiger partial charge in [0.05, 0.1) is 13.3 Å². The number of nitrogens with one attached hydrogen (secondary N) is 2. The highest BCUT2D eigenvalue weighted by Gasteiger charge is 2.15. The van der Waals surface area contributed by atoms with E-state index < -0.39 is 11.8 Å². The van der Waals surface area contributed by atoms with Crippen LogP contribution in [0.1, 0.15) is 31.4 Å². The van der Waals surface area contributed by atoms with Gasteiger partial charge in [-0.3, -0.25) is 9.59 Å². The van der Waals surface area contributed by atoms with E-state index in [-0.39, 0.29) is 6.04 Å². The highest BCUT2D eigenvalue weighted by atomic mass is 79.9. The molecule has 8 heteroatoms. The number of hydrazone groups is 1. The van der Waals surface area contributed by atoms with Crippen LogP contribution in [0.5, 0.6) is 11.5 Å². The van der Waals surface area contributed by atoms with E-state index in [0.29, 0.717) is 23.7 Å². The lowest BCUT2D eigenvalue weighted by Crippen LogP contribution is -2.41. The lowest BCUT2D eigenvalue weighted by molar-refractivity contribution is -0.139. The Bertz CT molecular complexity index is 869. The number of hydrogen-bond acceptors (Lipinski definition) is 5. The fourth-order valence-corrected chi connectivity index (χ4v) is 2.55. The quantitative estimate of drug-likeness (QED) is 0.358. The van der Waals surface area contributed by atoms with Gasteiger partial charge in [0, 0.05) is 16.1 Å². The predicted molar refractivity (Wildman–Crippen MR) is 115 cm³/mol. The molecule has 0 aliphatic heterocycles. The molecule has 2 amide bonds. The Morgan fingerprint density at radius 3 is 2.55 bits per heavy atom. The molecular weight excluding hydrogens is 438 g/mol. The van der Waals surface area contributed by atoms with Gasteiger partial charge >= 0.3 is 11.8 Å². The topological polar surface area (TPSA) is 89.0 Å². The van der Waals surface area contributed by atoms with Crippen LogP contribution in [0.4, 0.5) is 0 Å². The maximum absolute atomic E-state index is 11.8. The number of carbonyl (C=O) groups excluding carboxylic acids is 2. The molecule has 0 saturated heterocycles. The van der Waals surface area contributed by atoms with Crippen molar-refractivity contribution in [2.75, 3.05) is 7.11 Å². The zero-order valence-corrected chi connectivity index (χ0v) is 18.2. The van der Waals surface area contributed by atoms with Gasteiger partial charge in [-0.05, 0) is 43.2 Å². The third-order valence-electron chi connectivity index (χ3n) is 4.09. The zero-order chi connectivity index (χ0) is 21.2. The summed E-state index contributed by atoms with van der Waals surface area (Å²) >= 11 is 3.40. The first-order valence-electron chi connectivity index (χ1n) is 9.12. The van der Waals surface area contributed by atoms with Gasteiger partial charge < -0.3 is 14.8 Å². The van der Waals surface area contributed by atoms with E-state index in [1.165, 1.54) is 6.21 Å². The van der Waals surface area contributed by atoms with Crippen molar-refractivity contribution in [2.24, 2.45) is 5.10 Å². The summed E-state index contributed by atoms with van der Waals surface area (Å²) in [5.41, 5.74) is 3.81. The van der Waals surface area contributed by atoms with E-state index in [0.717, 1.165) is 16.5 Å². The van der Waals surface area contributed by atoms with Crippen molar-refractivity contribution in [1.29, 1.82) is 0 Å². The second-order valence-corrected chi connectivity index (χ2v) is 7.19. The van der Waals surface area contributed by atoms with Crippen LogP contribution in [-0.4, -0.2) is 31.2 Å². The normalized spacial score (nSPS) is 11.7. The van der Waals surface area contributed by atoms with E-state index in [2.05, 4.69) is 31.8 Å². The number of methoxy groups -OCH3 is 1. The summed E-state index contributed by atoms with van der Waals surface area (Å²) in [5.74, 6) is -0.539. The van der Waals surface area contributed by atoms with Crippen molar-refractivity contribution in [3.8, 4) is 11.5 Å². The van der Waals surface area contributed by atoms with Crippen molar-refractivity contribution in [3.05, 3.63) is 58.1 Å². The Kier molecular flexibility index (Phi) is 8.67. The molecule has 0 radical (unpaired) electrons. The van der Waals surface area contributed by atoms with Crippen molar-refractivity contribution in [3.63, 3.8) is 0 Å². The summed E-state index contributed by atoms with van der Waals surface area (Å²) in [7, 11) is 1.55. The minimum atomic E-state index is -0.832. The maximum atomic E-state index is 11.8. The highest BCUT2D eigenvalue weighted by Crippen LogP contribution is 2.31. The molecule has 7 nitrogen and oxygen atoms in total. The third kappa shape index (κ3) is 6.90. The molecule has 0 aromatic heterocycles. The summed E-state index contributed by atoms with van der Waals surface area (Å²) in [4.78, 5) is 23.6. The summed E-state index contributed by atoms with van der Waals surface area (Å²) < 4.78 is 12.3. The van der Waals surface area contributed by atoms with Gasteiger partial charge in [0.1, 0.15) is 6.61 Å². The van der Waals surface area contributed by atoms with E-state index in [1.807, 2.05) is 38.1 Å². The average Bonchev–Trinajstić information content (AvgIpc) is 2.73. The lowest BCUT2D eigenvalue weighted by atomic mass is 10.2. The number of ether oxygens (including phenoxy) is 2. The summed E-state index contributed by atoms with van der Waals surface area (Å²) in [6, 6.07) is 13.0. The molecule has 0 fully saturated rings. The van der Waals surface area contributed by atoms with E-state index in [4.69, 9.17) is 9.47 Å². The first-order chi connectivity index (χ1) is 13.9. The van der Waals surface area contributed by atoms with E-state index >= 15 is 0 Å². The van der Waals surface area contributed by atoms with Crippen LogP contribution in [-0.2, 0) is 16.2 Å². The minimum Gasteiger partial charge on any atom is -0.493 e. The predicted octanol–water partition coefficient (Wildman–Crippen LogP) is 3.40. The van der Waals surface area contributed by atoms with Gasteiger partial charge in [-0.2, -0.15) is 5.10 Å². The number of benzene rings is 2. The van der Waals surface area contributed by atoms with Gasteiger partial charge in [-0.25, -0.2) is 5.43 Å². The van der Waals surface area contributed by atoms with Crippen LogP contribution in [0.2, 0.25) is 0 Å². The number of amides is 2. The molecule has 0 heterocycles. The fraction of sp³-hybridized carbons (Fsp3) is 0.286. The molecule has 0 unspecified atom stereocenters. The molecule has 0 spiro atoms. The SMILES string of the molecule is CC[C@H](C)NC(=O)C(=O)N/N=C\c1cccc(OC)c1OCc1ccc(Br)cc1. The monoisotopic (exact) mass is 461 g/mol. The molecular formula is C21H24BrN3O4. The second kappa shape index (κ2) is 11.2. The first kappa shape index (κ1) is 22.4. The molecule has 2 aromatic carbocycles. The minimum absolute atomic E-state index is 0.0887. The smallest absolute Gasteiger partial charge is 0.329 e. The Morgan fingerprint density at radius 2 is 1.90 bits per heavy atom. The van der Waals surface area contributed by atoms with Gasteiger partial charge in [0.25, 0.3) is 0 Å². The van der Waals surface area contributed by atoms with Crippen molar-refractivity contribution < 1.29 is 19.1 Å². The molecule has 29 heavy (non-hydrogen) atoms. The Labute approximate surface area is 178 Å². The highest BCUT2D eigenvalue weighted by molar-refractivity contribution is 9.10. The average molecular weight is 462 g/mol. The first-order valence-corrected chi connectivity index (χ1v) is 9.92. The molecule has 0 aliphatic carbocycles. The molecule has 2 aromatic rings. The van der Waals surface area contributed by atoms with Crippen LogP contribution in [0.15, 0.2) is 52.0 Å². The van der Waals surface area contributed by atoms with Crippen LogP contribution in [0.25, 0.3) is 0 Å². The largest absolute Gasteiger partial charge is 0.493 e. The molecule has 2 N–H and O–H groups in total. The molecule has 0 saturated carbocycles. The second-order valence-electron chi connectivity index (χ2n) is 6.28. The molecule has 0 aliphatic rings. The van der Waals surface area contributed by atoms with Gasteiger partial charge in [0.2, 0.25) is 0 Å². The van der Waals surface area contributed by atoms with E-state index in [9.17, 15) is 9.59 Å². The number of rotatable bonds is 8. The molecule has 154 valence electrons. The molecule has 2 rings (SSSR count). The van der Waals surface area contributed by atoms with Crippen molar-refractivity contribution >= 4 is 34.0 Å². The van der Waals surface area contributed by atoms with Crippen LogP contribution < -0.4 is 20.2 Å². The van der Waals surface area contributed by atoms with Gasteiger partial charge in [-0.15, -0.1) is 0 Å². The van der Waals surface area contributed by atoms with Crippen LogP contribution >= 0.6 is 15.9 Å². The Morgan fingerprint density at radius 1 is 1.17 bits per heavy atom.